The summed E-state index contributed by atoms with van der Waals surface area (Å²) >= 11 is 0. The number of carbonyl (C=O) groups excluding carboxylic acids is 2. The van der Waals surface area contributed by atoms with Gasteiger partial charge in [-0.25, -0.2) is 0 Å². The van der Waals surface area contributed by atoms with E-state index in [0.29, 0.717) is 6.42 Å². The van der Waals surface area contributed by atoms with Crippen molar-refractivity contribution in [2.75, 3.05) is 0 Å². The van der Waals surface area contributed by atoms with Gasteiger partial charge in [0.1, 0.15) is 0 Å². The Morgan fingerprint density at radius 3 is 2.56 bits per heavy atom. The van der Waals surface area contributed by atoms with Crippen LogP contribution in [0.15, 0.2) is 0 Å². The third-order valence-electron chi connectivity index (χ3n) is 4.45. The molecule has 2 atom stereocenters. The van der Waals surface area contributed by atoms with Crippen molar-refractivity contribution >= 4 is 11.8 Å². The topological polar surface area (TPSA) is 46.2 Å². The van der Waals surface area contributed by atoms with Crippen LogP contribution < -0.4 is 5.32 Å². The molecule has 0 aromatic rings. The number of rotatable bonds is 0. The first-order chi connectivity index (χ1) is 7.35. The third-order valence-corrected chi connectivity index (χ3v) is 4.45. The molecular formula is C13H21NO2. The van der Waals surface area contributed by atoms with Gasteiger partial charge in [0, 0.05) is 12.3 Å². The van der Waals surface area contributed by atoms with E-state index in [1.54, 1.807) is 0 Å². The molecule has 16 heavy (non-hydrogen) atoms. The molecule has 0 radical (unpaired) electrons. The van der Waals surface area contributed by atoms with Gasteiger partial charge in [0.2, 0.25) is 11.8 Å². The van der Waals surface area contributed by atoms with Gasteiger partial charge >= 0.3 is 0 Å². The Morgan fingerprint density at radius 1 is 1.25 bits per heavy atom. The number of amides is 2. The molecule has 2 rings (SSSR count). The van der Waals surface area contributed by atoms with Crippen LogP contribution >= 0.6 is 0 Å². The Balaban J connectivity index is 2.28. The second-order valence-corrected chi connectivity index (χ2v) is 6.37. The van der Waals surface area contributed by atoms with E-state index < -0.39 is 0 Å². The van der Waals surface area contributed by atoms with Gasteiger partial charge in [-0.1, -0.05) is 27.2 Å². The SMILES string of the molecule is CC1C(=O)NC(=O)CC12CCCC(C)(C)C2. The Labute approximate surface area is 97.0 Å². The summed E-state index contributed by atoms with van der Waals surface area (Å²) in [7, 11) is 0. The van der Waals surface area contributed by atoms with E-state index >= 15 is 0 Å². The molecule has 2 fully saturated rings. The number of hydrogen-bond donors (Lipinski definition) is 1. The van der Waals surface area contributed by atoms with Crippen molar-refractivity contribution in [2.45, 2.75) is 52.9 Å². The molecule has 2 amide bonds. The number of nitrogens with one attached hydrogen (secondary N) is 1. The fraction of sp³-hybridized carbons (Fsp3) is 0.846. The van der Waals surface area contributed by atoms with E-state index in [1.165, 1.54) is 6.42 Å². The fourth-order valence-electron chi connectivity index (χ4n) is 3.61. The maximum atomic E-state index is 11.8. The highest BCUT2D eigenvalue weighted by Crippen LogP contribution is 2.53. The monoisotopic (exact) mass is 223 g/mol. The molecule has 1 saturated carbocycles. The molecule has 1 aliphatic carbocycles. The van der Waals surface area contributed by atoms with E-state index in [1.807, 2.05) is 6.92 Å². The van der Waals surface area contributed by atoms with E-state index in [-0.39, 0.29) is 28.6 Å². The lowest BCUT2D eigenvalue weighted by Gasteiger charge is -2.49. The number of carbonyl (C=O) groups is 2. The van der Waals surface area contributed by atoms with Crippen LogP contribution in [0.1, 0.15) is 52.9 Å². The van der Waals surface area contributed by atoms with Crippen LogP contribution in [0, 0.1) is 16.7 Å². The average molecular weight is 223 g/mol. The van der Waals surface area contributed by atoms with Crippen molar-refractivity contribution in [1.82, 2.24) is 5.32 Å². The van der Waals surface area contributed by atoms with Crippen LogP contribution in [-0.4, -0.2) is 11.8 Å². The third kappa shape index (κ3) is 1.87. The number of hydrogen-bond acceptors (Lipinski definition) is 2. The zero-order valence-electron chi connectivity index (χ0n) is 10.4. The van der Waals surface area contributed by atoms with E-state index in [2.05, 4.69) is 19.2 Å². The van der Waals surface area contributed by atoms with Crippen molar-refractivity contribution < 1.29 is 9.59 Å². The predicted octanol–water partition coefficient (Wildman–Crippen LogP) is 2.26. The van der Waals surface area contributed by atoms with Crippen molar-refractivity contribution in [3.05, 3.63) is 0 Å². The van der Waals surface area contributed by atoms with Gasteiger partial charge in [0.15, 0.2) is 0 Å². The highest BCUT2D eigenvalue weighted by Gasteiger charge is 2.50. The van der Waals surface area contributed by atoms with Gasteiger partial charge in [-0.15, -0.1) is 0 Å². The first-order valence-electron chi connectivity index (χ1n) is 6.18. The van der Waals surface area contributed by atoms with Crippen molar-refractivity contribution in [2.24, 2.45) is 16.7 Å². The molecule has 1 N–H and O–H groups in total. The highest BCUT2D eigenvalue weighted by atomic mass is 16.2. The van der Waals surface area contributed by atoms with Crippen LogP contribution in [0.5, 0.6) is 0 Å². The average Bonchev–Trinajstić information content (AvgIpc) is 2.12. The van der Waals surface area contributed by atoms with Crippen LogP contribution in [0.2, 0.25) is 0 Å². The summed E-state index contributed by atoms with van der Waals surface area (Å²) in [6.07, 6.45) is 4.90. The summed E-state index contributed by atoms with van der Waals surface area (Å²) in [5, 5.41) is 2.45. The maximum absolute atomic E-state index is 11.8. The second-order valence-electron chi connectivity index (χ2n) is 6.37. The van der Waals surface area contributed by atoms with Crippen molar-refractivity contribution in [3.63, 3.8) is 0 Å². The fourth-order valence-corrected chi connectivity index (χ4v) is 3.61. The number of imide groups is 1. The van der Waals surface area contributed by atoms with Crippen LogP contribution in [-0.2, 0) is 9.59 Å². The molecule has 3 heteroatoms. The van der Waals surface area contributed by atoms with Gasteiger partial charge in [-0.3, -0.25) is 14.9 Å². The summed E-state index contributed by atoms with van der Waals surface area (Å²) in [6.45, 7) is 6.47. The summed E-state index contributed by atoms with van der Waals surface area (Å²) < 4.78 is 0. The summed E-state index contributed by atoms with van der Waals surface area (Å²) in [4.78, 5) is 23.3. The molecule has 0 aromatic carbocycles. The van der Waals surface area contributed by atoms with Crippen LogP contribution in [0.3, 0.4) is 0 Å². The van der Waals surface area contributed by atoms with Crippen molar-refractivity contribution in [3.8, 4) is 0 Å². The largest absolute Gasteiger partial charge is 0.296 e. The van der Waals surface area contributed by atoms with Gasteiger partial charge in [0.25, 0.3) is 0 Å². The second kappa shape index (κ2) is 3.57. The standard InChI is InChI=1S/C13H21NO2/c1-9-11(16)14-10(15)7-13(9)6-4-5-12(2,3)8-13/h9H,4-8H2,1-3H3,(H,14,15,16). The maximum Gasteiger partial charge on any atom is 0.229 e. The lowest BCUT2D eigenvalue weighted by molar-refractivity contribution is -0.146. The molecule has 1 aliphatic heterocycles. The molecular weight excluding hydrogens is 202 g/mol. The quantitative estimate of drug-likeness (QED) is 0.640. The molecule has 3 nitrogen and oxygen atoms in total. The Hall–Kier alpha value is -0.860. The summed E-state index contributed by atoms with van der Waals surface area (Å²) in [5.41, 5.74) is 0.200. The summed E-state index contributed by atoms with van der Waals surface area (Å²) in [5.74, 6) is -0.181. The Kier molecular flexibility index (Phi) is 2.59. The first-order valence-corrected chi connectivity index (χ1v) is 6.18. The smallest absolute Gasteiger partial charge is 0.229 e. The minimum atomic E-state index is -0.0826. The van der Waals surface area contributed by atoms with Gasteiger partial charge in [0.05, 0.1) is 0 Å². The zero-order valence-corrected chi connectivity index (χ0v) is 10.4. The minimum Gasteiger partial charge on any atom is -0.296 e. The molecule has 1 spiro atoms. The van der Waals surface area contributed by atoms with Gasteiger partial charge < -0.3 is 0 Å². The minimum absolute atomic E-state index is 0.0234. The van der Waals surface area contributed by atoms with Gasteiger partial charge in [-0.05, 0) is 30.1 Å². The van der Waals surface area contributed by atoms with E-state index in [0.717, 1.165) is 19.3 Å². The molecule has 2 unspecified atom stereocenters. The number of piperidine rings is 1. The van der Waals surface area contributed by atoms with E-state index in [9.17, 15) is 9.59 Å². The normalized spacial score (nSPS) is 38.6. The molecule has 2 aliphatic rings. The van der Waals surface area contributed by atoms with Gasteiger partial charge in [-0.2, -0.15) is 0 Å². The first kappa shape index (κ1) is 11.6. The van der Waals surface area contributed by atoms with Crippen LogP contribution in [0.4, 0.5) is 0 Å². The Morgan fingerprint density at radius 2 is 1.94 bits per heavy atom. The molecule has 1 saturated heterocycles. The Bertz CT molecular complexity index is 335. The molecule has 90 valence electrons. The zero-order chi connectivity index (χ0) is 12.0. The predicted molar refractivity (Wildman–Crippen MR) is 61.6 cm³/mol. The summed E-state index contributed by atoms with van der Waals surface area (Å²) in [6, 6.07) is 0. The lowest BCUT2D eigenvalue weighted by atomic mass is 9.56. The molecule has 0 aromatic heterocycles. The molecule has 1 heterocycles. The van der Waals surface area contributed by atoms with E-state index in [4.69, 9.17) is 0 Å². The molecule has 0 bridgehead atoms. The highest BCUT2D eigenvalue weighted by molar-refractivity contribution is 5.99. The van der Waals surface area contributed by atoms with Crippen LogP contribution in [0.25, 0.3) is 0 Å². The van der Waals surface area contributed by atoms with Crippen molar-refractivity contribution in [1.29, 1.82) is 0 Å². The lowest BCUT2D eigenvalue weighted by Crippen LogP contribution is -2.53.